The SMILES string of the molecule is N#Cc1cc(C(F)F)nc(F)c1Br. The standard InChI is InChI=1S/C7H2BrF3N2/c8-5-3(2-12)1-4(6(9)10)13-7(5)11/h1,6H. The van der Waals surface area contributed by atoms with Gasteiger partial charge >= 0.3 is 0 Å². The minimum Gasteiger partial charge on any atom is -0.218 e. The smallest absolute Gasteiger partial charge is 0.218 e. The van der Waals surface area contributed by atoms with Gasteiger partial charge in [0.2, 0.25) is 5.95 Å². The summed E-state index contributed by atoms with van der Waals surface area (Å²) in [5.41, 5.74) is -0.931. The topological polar surface area (TPSA) is 36.7 Å². The Bertz CT molecular complexity index is 373. The number of rotatable bonds is 1. The molecule has 0 aromatic carbocycles. The first kappa shape index (κ1) is 9.99. The molecule has 1 rings (SSSR count). The maximum Gasteiger partial charge on any atom is 0.280 e. The van der Waals surface area contributed by atoms with Crippen LogP contribution in [-0.4, -0.2) is 4.98 Å². The third-order valence-corrected chi connectivity index (χ3v) is 2.04. The first-order chi connectivity index (χ1) is 6.06. The molecule has 0 unspecified atom stereocenters. The van der Waals surface area contributed by atoms with Crippen molar-refractivity contribution in [1.29, 1.82) is 5.26 Å². The first-order valence-electron chi connectivity index (χ1n) is 3.10. The van der Waals surface area contributed by atoms with Crippen LogP contribution in [0.3, 0.4) is 0 Å². The van der Waals surface area contributed by atoms with Crippen LogP contribution < -0.4 is 0 Å². The van der Waals surface area contributed by atoms with Crippen LogP contribution in [0, 0.1) is 17.3 Å². The van der Waals surface area contributed by atoms with Crippen LogP contribution in [0.15, 0.2) is 10.5 Å². The Kier molecular flexibility index (Phi) is 2.88. The number of alkyl halides is 2. The lowest BCUT2D eigenvalue weighted by Gasteiger charge is -2.01. The van der Waals surface area contributed by atoms with Gasteiger partial charge < -0.3 is 0 Å². The third-order valence-electron chi connectivity index (χ3n) is 1.28. The molecule has 0 radical (unpaired) electrons. The van der Waals surface area contributed by atoms with E-state index in [1.54, 1.807) is 6.07 Å². The second-order valence-electron chi connectivity index (χ2n) is 2.11. The fourth-order valence-corrected chi connectivity index (χ4v) is 1.00. The van der Waals surface area contributed by atoms with Gasteiger partial charge in [-0.1, -0.05) is 0 Å². The lowest BCUT2D eigenvalue weighted by Crippen LogP contribution is -1.97. The average Bonchev–Trinajstić information content (AvgIpc) is 2.09. The van der Waals surface area contributed by atoms with E-state index in [4.69, 9.17) is 5.26 Å². The molecule has 1 heterocycles. The number of hydrogen-bond acceptors (Lipinski definition) is 2. The zero-order chi connectivity index (χ0) is 10.0. The highest BCUT2D eigenvalue weighted by Crippen LogP contribution is 2.24. The Morgan fingerprint density at radius 1 is 1.54 bits per heavy atom. The van der Waals surface area contributed by atoms with Crippen molar-refractivity contribution in [1.82, 2.24) is 4.98 Å². The summed E-state index contributed by atoms with van der Waals surface area (Å²) < 4.78 is 36.6. The van der Waals surface area contributed by atoms with E-state index in [0.717, 1.165) is 6.07 Å². The fraction of sp³-hybridized carbons (Fsp3) is 0.143. The van der Waals surface area contributed by atoms with Gasteiger partial charge in [-0.05, 0) is 22.0 Å². The molecule has 0 aliphatic carbocycles. The molecule has 0 aliphatic heterocycles. The van der Waals surface area contributed by atoms with Crippen LogP contribution in [0.1, 0.15) is 17.7 Å². The van der Waals surface area contributed by atoms with Crippen molar-refractivity contribution < 1.29 is 13.2 Å². The van der Waals surface area contributed by atoms with Gasteiger partial charge in [-0.15, -0.1) is 0 Å². The Morgan fingerprint density at radius 2 is 2.15 bits per heavy atom. The number of aromatic nitrogens is 1. The molecule has 2 nitrogen and oxygen atoms in total. The van der Waals surface area contributed by atoms with Gasteiger partial charge in [0.05, 0.1) is 10.0 Å². The molecule has 0 bridgehead atoms. The van der Waals surface area contributed by atoms with E-state index in [9.17, 15) is 13.2 Å². The summed E-state index contributed by atoms with van der Waals surface area (Å²) in [5.74, 6) is -1.10. The Morgan fingerprint density at radius 3 is 2.62 bits per heavy atom. The third kappa shape index (κ3) is 1.98. The minimum absolute atomic E-state index is 0.192. The van der Waals surface area contributed by atoms with Crippen molar-refractivity contribution in [2.24, 2.45) is 0 Å². The van der Waals surface area contributed by atoms with Crippen LogP contribution in [0.2, 0.25) is 0 Å². The molecule has 0 fully saturated rings. The fourth-order valence-electron chi connectivity index (χ4n) is 0.710. The van der Waals surface area contributed by atoms with E-state index in [0.29, 0.717) is 0 Å². The Hall–Kier alpha value is -1.09. The van der Waals surface area contributed by atoms with Gasteiger partial charge in [0.25, 0.3) is 6.43 Å². The molecule has 1 aromatic heterocycles. The molecule has 0 amide bonds. The molecule has 68 valence electrons. The molecule has 0 aliphatic rings. The van der Waals surface area contributed by atoms with Crippen molar-refractivity contribution in [3.63, 3.8) is 0 Å². The normalized spacial score (nSPS) is 10.2. The number of nitrogens with zero attached hydrogens (tertiary/aromatic N) is 2. The van der Waals surface area contributed by atoms with Crippen molar-refractivity contribution >= 4 is 15.9 Å². The highest BCUT2D eigenvalue weighted by molar-refractivity contribution is 9.10. The minimum atomic E-state index is -2.88. The van der Waals surface area contributed by atoms with Gasteiger partial charge in [0.1, 0.15) is 11.8 Å². The lowest BCUT2D eigenvalue weighted by atomic mass is 10.2. The number of hydrogen-bond donors (Lipinski definition) is 0. The van der Waals surface area contributed by atoms with E-state index in [2.05, 4.69) is 20.9 Å². The van der Waals surface area contributed by atoms with E-state index in [1.807, 2.05) is 0 Å². The maximum atomic E-state index is 12.7. The first-order valence-corrected chi connectivity index (χ1v) is 3.89. The lowest BCUT2D eigenvalue weighted by molar-refractivity contribution is 0.144. The van der Waals surface area contributed by atoms with Crippen molar-refractivity contribution in [2.45, 2.75) is 6.43 Å². The predicted molar refractivity (Wildman–Crippen MR) is 41.6 cm³/mol. The maximum absolute atomic E-state index is 12.7. The van der Waals surface area contributed by atoms with Gasteiger partial charge in [0, 0.05) is 0 Å². The summed E-state index contributed by atoms with van der Waals surface area (Å²) in [6, 6.07) is 2.42. The van der Waals surface area contributed by atoms with E-state index in [-0.39, 0.29) is 10.0 Å². The van der Waals surface area contributed by atoms with Gasteiger partial charge in [0.15, 0.2) is 0 Å². The number of nitriles is 1. The Balaban J connectivity index is 3.32. The second-order valence-corrected chi connectivity index (χ2v) is 2.90. The molecule has 0 N–H and O–H groups in total. The van der Waals surface area contributed by atoms with Crippen LogP contribution >= 0.6 is 15.9 Å². The molecule has 6 heteroatoms. The van der Waals surface area contributed by atoms with E-state index in [1.165, 1.54) is 0 Å². The summed E-state index contributed by atoms with van der Waals surface area (Å²) in [6.45, 7) is 0. The van der Waals surface area contributed by atoms with E-state index < -0.39 is 18.1 Å². The summed E-state index contributed by atoms with van der Waals surface area (Å²) in [4.78, 5) is 2.97. The highest BCUT2D eigenvalue weighted by atomic mass is 79.9. The molecule has 0 atom stereocenters. The van der Waals surface area contributed by atoms with Crippen LogP contribution in [-0.2, 0) is 0 Å². The molecule has 0 saturated carbocycles. The van der Waals surface area contributed by atoms with Gasteiger partial charge in [-0.3, -0.25) is 0 Å². The van der Waals surface area contributed by atoms with Crippen molar-refractivity contribution in [3.05, 3.63) is 27.7 Å². The number of pyridine rings is 1. The van der Waals surface area contributed by atoms with Crippen LogP contribution in [0.25, 0.3) is 0 Å². The molecular formula is C7H2BrF3N2. The quantitative estimate of drug-likeness (QED) is 0.719. The Labute approximate surface area is 80.1 Å². The summed E-state index contributed by atoms with van der Waals surface area (Å²) in [7, 11) is 0. The summed E-state index contributed by atoms with van der Waals surface area (Å²) >= 11 is 2.72. The van der Waals surface area contributed by atoms with Crippen molar-refractivity contribution in [2.75, 3.05) is 0 Å². The number of halogens is 4. The zero-order valence-electron chi connectivity index (χ0n) is 6.06. The predicted octanol–water partition coefficient (Wildman–Crippen LogP) is 2.79. The highest BCUT2D eigenvalue weighted by Gasteiger charge is 2.15. The van der Waals surface area contributed by atoms with Crippen molar-refractivity contribution in [3.8, 4) is 6.07 Å². The molecule has 1 aromatic rings. The van der Waals surface area contributed by atoms with Crippen LogP contribution in [0.4, 0.5) is 13.2 Å². The monoisotopic (exact) mass is 250 g/mol. The molecule has 0 saturated heterocycles. The average molecular weight is 251 g/mol. The summed E-state index contributed by atoms with van der Waals surface area (Å²) in [5, 5.41) is 8.43. The van der Waals surface area contributed by atoms with E-state index >= 15 is 0 Å². The van der Waals surface area contributed by atoms with Gasteiger partial charge in [-0.25, -0.2) is 13.8 Å². The second kappa shape index (κ2) is 3.75. The molecule has 13 heavy (non-hydrogen) atoms. The van der Waals surface area contributed by atoms with Crippen LogP contribution in [0.5, 0.6) is 0 Å². The van der Waals surface area contributed by atoms with Gasteiger partial charge in [-0.2, -0.15) is 9.65 Å². The zero-order valence-corrected chi connectivity index (χ0v) is 7.65. The molecule has 0 spiro atoms. The summed E-state index contributed by atoms with van der Waals surface area (Å²) in [6.07, 6.45) is -2.88. The largest absolute Gasteiger partial charge is 0.280 e. The molecular weight excluding hydrogens is 249 g/mol.